The first-order valence-corrected chi connectivity index (χ1v) is 9.77. The molecule has 4 rings (SSSR count). The molecule has 0 radical (unpaired) electrons. The standard InChI is InChI=1S/C20H27N7O/c1-26-8-10-27(11-9-26)13-17-12-18(21)25-19(22-17)14-2-4-15(5-3-14)23-20(28)24-16-6-7-16/h2-5,12,16H,6-11,13H2,1H3,(H2,21,22,25)(H2,23,24,28). The average Bonchev–Trinajstić information content (AvgIpc) is 3.47. The summed E-state index contributed by atoms with van der Waals surface area (Å²) in [6.45, 7) is 4.96. The number of benzene rings is 1. The summed E-state index contributed by atoms with van der Waals surface area (Å²) >= 11 is 0. The third-order valence-corrected chi connectivity index (χ3v) is 5.09. The van der Waals surface area contributed by atoms with Gasteiger partial charge >= 0.3 is 6.03 Å². The molecule has 1 aliphatic heterocycles. The van der Waals surface area contributed by atoms with Gasteiger partial charge in [-0.3, -0.25) is 4.90 Å². The van der Waals surface area contributed by atoms with Gasteiger partial charge in [0.05, 0.1) is 5.69 Å². The Labute approximate surface area is 165 Å². The van der Waals surface area contributed by atoms with Crippen molar-refractivity contribution in [2.45, 2.75) is 25.4 Å². The summed E-state index contributed by atoms with van der Waals surface area (Å²) in [5.41, 5.74) is 8.57. The van der Waals surface area contributed by atoms with Crippen molar-refractivity contribution in [3.63, 3.8) is 0 Å². The Hall–Kier alpha value is -2.71. The minimum absolute atomic E-state index is 0.162. The van der Waals surface area contributed by atoms with E-state index in [1.54, 1.807) is 0 Å². The van der Waals surface area contributed by atoms with Crippen LogP contribution in [0.1, 0.15) is 18.5 Å². The molecule has 2 aliphatic rings. The van der Waals surface area contributed by atoms with Gasteiger partial charge in [0.2, 0.25) is 0 Å². The number of nitrogens with one attached hydrogen (secondary N) is 2. The minimum atomic E-state index is -0.162. The second-order valence-electron chi connectivity index (χ2n) is 7.64. The molecule has 8 nitrogen and oxygen atoms in total. The van der Waals surface area contributed by atoms with E-state index < -0.39 is 0 Å². The molecule has 148 valence electrons. The number of hydrogen-bond donors (Lipinski definition) is 3. The number of nitrogens with two attached hydrogens (primary N) is 1. The van der Waals surface area contributed by atoms with Gasteiger partial charge in [0.15, 0.2) is 5.82 Å². The molecular weight excluding hydrogens is 354 g/mol. The van der Waals surface area contributed by atoms with E-state index >= 15 is 0 Å². The fourth-order valence-corrected chi connectivity index (χ4v) is 3.25. The maximum atomic E-state index is 11.8. The van der Waals surface area contributed by atoms with Crippen molar-refractivity contribution in [3.05, 3.63) is 36.0 Å². The van der Waals surface area contributed by atoms with Gasteiger partial charge in [-0.1, -0.05) is 0 Å². The summed E-state index contributed by atoms with van der Waals surface area (Å²) < 4.78 is 0. The molecule has 28 heavy (non-hydrogen) atoms. The van der Waals surface area contributed by atoms with Crippen molar-refractivity contribution in [1.82, 2.24) is 25.1 Å². The highest BCUT2D eigenvalue weighted by atomic mass is 16.2. The lowest BCUT2D eigenvalue weighted by Gasteiger charge is -2.32. The molecule has 1 aromatic heterocycles. The lowest BCUT2D eigenvalue weighted by Crippen LogP contribution is -2.44. The average molecular weight is 381 g/mol. The maximum absolute atomic E-state index is 11.8. The summed E-state index contributed by atoms with van der Waals surface area (Å²) in [5.74, 6) is 1.08. The number of amides is 2. The van der Waals surface area contributed by atoms with Crippen molar-refractivity contribution in [2.24, 2.45) is 0 Å². The maximum Gasteiger partial charge on any atom is 0.319 e. The number of urea groups is 1. The summed E-state index contributed by atoms with van der Waals surface area (Å²) in [6, 6.07) is 9.54. The Bertz CT molecular complexity index is 827. The van der Waals surface area contributed by atoms with E-state index in [0.717, 1.165) is 62.5 Å². The first kappa shape index (κ1) is 18.6. The zero-order chi connectivity index (χ0) is 19.5. The van der Waals surface area contributed by atoms with Crippen LogP contribution in [0.2, 0.25) is 0 Å². The third kappa shape index (κ3) is 4.96. The second kappa shape index (κ2) is 8.12. The van der Waals surface area contributed by atoms with Crippen molar-refractivity contribution in [1.29, 1.82) is 0 Å². The predicted molar refractivity (Wildman–Crippen MR) is 110 cm³/mol. The van der Waals surface area contributed by atoms with Crippen molar-refractivity contribution < 1.29 is 4.79 Å². The van der Waals surface area contributed by atoms with Gasteiger partial charge in [0.25, 0.3) is 0 Å². The monoisotopic (exact) mass is 381 g/mol. The number of hydrogen-bond acceptors (Lipinski definition) is 6. The molecule has 0 atom stereocenters. The molecule has 0 bridgehead atoms. The normalized spacial score (nSPS) is 18.0. The SMILES string of the molecule is CN1CCN(Cc2cc(N)nc(-c3ccc(NC(=O)NC4CC4)cc3)n2)CC1. The summed E-state index contributed by atoms with van der Waals surface area (Å²) in [4.78, 5) is 25.7. The minimum Gasteiger partial charge on any atom is -0.384 e. The Morgan fingerprint density at radius 3 is 2.54 bits per heavy atom. The number of carbonyl (C=O) groups is 1. The van der Waals surface area contributed by atoms with E-state index in [9.17, 15) is 4.79 Å². The topological polar surface area (TPSA) is 99.4 Å². The molecule has 1 saturated heterocycles. The number of nitrogens with zero attached hydrogens (tertiary/aromatic N) is 4. The highest BCUT2D eigenvalue weighted by molar-refractivity contribution is 5.89. The number of likely N-dealkylation sites (N-methyl/N-ethyl adjacent to an activating group) is 1. The summed E-state index contributed by atoms with van der Waals surface area (Å²) in [5, 5.41) is 5.75. The Morgan fingerprint density at radius 2 is 1.86 bits per heavy atom. The second-order valence-corrected chi connectivity index (χ2v) is 7.64. The molecule has 0 spiro atoms. The highest BCUT2D eigenvalue weighted by Gasteiger charge is 2.23. The largest absolute Gasteiger partial charge is 0.384 e. The Morgan fingerprint density at radius 1 is 1.14 bits per heavy atom. The number of rotatable bonds is 5. The molecule has 1 aromatic carbocycles. The van der Waals surface area contributed by atoms with Crippen LogP contribution in [0, 0.1) is 0 Å². The first-order valence-electron chi connectivity index (χ1n) is 9.77. The quantitative estimate of drug-likeness (QED) is 0.730. The van der Waals surface area contributed by atoms with Gasteiger partial charge in [-0.15, -0.1) is 0 Å². The highest BCUT2D eigenvalue weighted by Crippen LogP contribution is 2.21. The number of piperazine rings is 1. The smallest absolute Gasteiger partial charge is 0.319 e. The van der Waals surface area contributed by atoms with Crippen LogP contribution >= 0.6 is 0 Å². The van der Waals surface area contributed by atoms with Gasteiger partial charge in [-0.25, -0.2) is 14.8 Å². The van der Waals surface area contributed by atoms with Gasteiger partial charge in [-0.05, 0) is 44.2 Å². The molecule has 4 N–H and O–H groups in total. The lowest BCUT2D eigenvalue weighted by atomic mass is 10.2. The van der Waals surface area contributed by atoms with Crippen LogP contribution in [-0.2, 0) is 6.54 Å². The molecule has 0 unspecified atom stereocenters. The fourth-order valence-electron chi connectivity index (χ4n) is 3.25. The van der Waals surface area contributed by atoms with Gasteiger partial charge in [0, 0.05) is 56.1 Å². The van der Waals surface area contributed by atoms with Crippen molar-refractivity contribution in [3.8, 4) is 11.4 Å². The molecule has 8 heteroatoms. The number of anilines is 2. The Balaban J connectivity index is 1.42. The fraction of sp³-hybridized carbons (Fsp3) is 0.450. The van der Waals surface area contributed by atoms with Crippen LogP contribution in [0.4, 0.5) is 16.3 Å². The number of nitrogen functional groups attached to an aromatic ring is 1. The van der Waals surface area contributed by atoms with E-state index in [-0.39, 0.29) is 6.03 Å². The van der Waals surface area contributed by atoms with Gasteiger partial charge in [-0.2, -0.15) is 0 Å². The zero-order valence-electron chi connectivity index (χ0n) is 16.2. The van der Waals surface area contributed by atoms with Gasteiger partial charge < -0.3 is 21.3 Å². The number of carbonyl (C=O) groups excluding carboxylic acids is 1. The molecule has 2 amide bonds. The molecule has 2 aromatic rings. The van der Waals surface area contributed by atoms with E-state index in [1.165, 1.54) is 0 Å². The van der Waals surface area contributed by atoms with Crippen LogP contribution in [-0.4, -0.2) is 65.1 Å². The Kier molecular flexibility index (Phi) is 5.40. The third-order valence-electron chi connectivity index (χ3n) is 5.09. The molecule has 2 fully saturated rings. The van der Waals surface area contributed by atoms with Crippen LogP contribution < -0.4 is 16.4 Å². The van der Waals surface area contributed by atoms with Crippen LogP contribution in [0.5, 0.6) is 0 Å². The zero-order valence-corrected chi connectivity index (χ0v) is 16.2. The lowest BCUT2D eigenvalue weighted by molar-refractivity contribution is 0.147. The summed E-state index contributed by atoms with van der Waals surface area (Å²) in [7, 11) is 2.15. The van der Waals surface area contributed by atoms with Crippen LogP contribution in [0.3, 0.4) is 0 Å². The van der Waals surface area contributed by atoms with Crippen LogP contribution in [0.15, 0.2) is 30.3 Å². The molecular formula is C20H27N7O. The van der Waals surface area contributed by atoms with Crippen LogP contribution in [0.25, 0.3) is 11.4 Å². The van der Waals surface area contributed by atoms with E-state index in [2.05, 4.69) is 32.5 Å². The molecule has 1 saturated carbocycles. The van der Waals surface area contributed by atoms with Gasteiger partial charge in [0.1, 0.15) is 5.82 Å². The van der Waals surface area contributed by atoms with E-state index in [4.69, 9.17) is 10.7 Å². The van der Waals surface area contributed by atoms with E-state index in [1.807, 2.05) is 30.3 Å². The summed E-state index contributed by atoms with van der Waals surface area (Å²) in [6.07, 6.45) is 2.13. The van der Waals surface area contributed by atoms with E-state index in [0.29, 0.717) is 17.7 Å². The first-order chi connectivity index (χ1) is 13.5. The molecule has 1 aliphatic carbocycles. The predicted octanol–water partition coefficient (Wildman–Crippen LogP) is 1.76. The number of aromatic nitrogens is 2. The van der Waals surface area contributed by atoms with Crippen molar-refractivity contribution in [2.75, 3.05) is 44.3 Å². The van der Waals surface area contributed by atoms with Crippen molar-refractivity contribution >= 4 is 17.5 Å². The molecule has 2 heterocycles.